The third-order valence-corrected chi connectivity index (χ3v) is 4.06. The lowest BCUT2D eigenvalue weighted by Crippen LogP contribution is -2.22. The van der Waals surface area contributed by atoms with Crippen molar-refractivity contribution < 1.29 is 19.0 Å². The number of aliphatic hydroxyl groups excluding tert-OH is 1. The van der Waals surface area contributed by atoms with Crippen LogP contribution in [0.3, 0.4) is 0 Å². The first-order valence-electron chi connectivity index (χ1n) is 8.41. The Morgan fingerprint density at radius 2 is 1.96 bits per heavy atom. The molecule has 0 aliphatic carbocycles. The molecule has 0 bridgehead atoms. The highest BCUT2D eigenvalue weighted by Gasteiger charge is 2.25. The highest BCUT2D eigenvalue weighted by molar-refractivity contribution is 6.67. The van der Waals surface area contributed by atoms with E-state index in [-0.39, 0.29) is 18.4 Å². The van der Waals surface area contributed by atoms with Crippen molar-refractivity contribution in [1.82, 2.24) is 9.78 Å². The number of carbonyl (C=O) groups excluding carboxylic acids is 1. The first kappa shape index (κ1) is 22.7. The zero-order valence-electron chi connectivity index (χ0n) is 15.6. The number of carbonyl (C=O) groups is 1. The minimum absolute atomic E-state index is 0.154. The van der Waals surface area contributed by atoms with Crippen molar-refractivity contribution >= 4 is 46.7 Å². The van der Waals surface area contributed by atoms with Crippen molar-refractivity contribution in [3.05, 3.63) is 41.3 Å². The van der Waals surface area contributed by atoms with Gasteiger partial charge < -0.3 is 9.84 Å². The van der Waals surface area contributed by atoms with Crippen LogP contribution in [-0.2, 0) is 16.6 Å². The summed E-state index contributed by atoms with van der Waals surface area (Å²) in [7, 11) is 0. The Morgan fingerprint density at radius 1 is 1.29 bits per heavy atom. The predicted molar refractivity (Wildman–Crippen MR) is 108 cm³/mol. The van der Waals surface area contributed by atoms with Gasteiger partial charge in [0.2, 0.25) is 3.79 Å². The van der Waals surface area contributed by atoms with Crippen molar-refractivity contribution in [2.24, 2.45) is 0 Å². The van der Waals surface area contributed by atoms with Gasteiger partial charge in [0.1, 0.15) is 18.2 Å². The van der Waals surface area contributed by atoms with E-state index < -0.39 is 22.3 Å². The summed E-state index contributed by atoms with van der Waals surface area (Å²) < 4.78 is 18.5. The van der Waals surface area contributed by atoms with Gasteiger partial charge in [0.05, 0.1) is 11.4 Å². The molecule has 0 aliphatic rings. The van der Waals surface area contributed by atoms with Gasteiger partial charge in [-0.1, -0.05) is 55.6 Å². The molecule has 0 unspecified atom stereocenters. The van der Waals surface area contributed by atoms with E-state index in [4.69, 9.17) is 44.6 Å². The summed E-state index contributed by atoms with van der Waals surface area (Å²) >= 11 is 16.8. The van der Waals surface area contributed by atoms with Gasteiger partial charge in [0.15, 0.2) is 0 Å². The molecule has 1 amide bonds. The van der Waals surface area contributed by atoms with Gasteiger partial charge in [-0.3, -0.25) is 5.32 Å². The third kappa shape index (κ3) is 6.24. The Bertz CT molecular complexity index is 845. The molecule has 0 atom stereocenters. The summed E-state index contributed by atoms with van der Waals surface area (Å²) in [4.78, 5) is 12.1. The second kappa shape index (κ2) is 8.86. The fourth-order valence-electron chi connectivity index (χ4n) is 2.33. The Kier molecular flexibility index (Phi) is 7.20. The summed E-state index contributed by atoms with van der Waals surface area (Å²) in [5.74, 6) is -0.126. The monoisotopic (exact) mass is 451 g/mol. The van der Waals surface area contributed by atoms with Crippen molar-refractivity contribution in [1.29, 1.82) is 0 Å². The third-order valence-electron chi connectivity index (χ3n) is 3.73. The molecule has 0 saturated heterocycles. The molecule has 0 fully saturated rings. The molecular formula is C18H21Cl3FN3O3. The van der Waals surface area contributed by atoms with Crippen LogP contribution in [0.5, 0.6) is 0 Å². The van der Waals surface area contributed by atoms with Gasteiger partial charge in [-0.15, -0.1) is 0 Å². The first-order chi connectivity index (χ1) is 12.9. The molecule has 0 spiro atoms. The maximum Gasteiger partial charge on any atom is 0.412 e. The number of halogens is 4. The zero-order chi connectivity index (χ0) is 21.1. The molecule has 1 aromatic carbocycles. The number of aliphatic hydroxyl groups is 1. The number of alkyl halides is 3. The minimum atomic E-state index is -1.73. The Morgan fingerprint density at radius 3 is 2.54 bits per heavy atom. The number of ether oxygens (including phenoxy) is 1. The molecule has 1 heterocycles. The summed E-state index contributed by atoms with van der Waals surface area (Å²) in [6.07, 6.45) is -0.674. The van der Waals surface area contributed by atoms with E-state index in [0.717, 1.165) is 0 Å². The largest absolute Gasteiger partial charge is 0.445 e. The van der Waals surface area contributed by atoms with Gasteiger partial charge in [-0.05, 0) is 30.2 Å². The van der Waals surface area contributed by atoms with Gasteiger partial charge in [-0.25, -0.2) is 13.9 Å². The molecule has 2 aromatic rings. The number of nitrogens with zero attached hydrogens (tertiary/aromatic N) is 2. The topological polar surface area (TPSA) is 76.4 Å². The molecule has 0 radical (unpaired) electrons. The molecule has 1 aromatic heterocycles. The average molecular weight is 453 g/mol. The van der Waals surface area contributed by atoms with Crippen LogP contribution in [0.4, 0.5) is 15.0 Å². The lowest BCUT2D eigenvalue weighted by molar-refractivity contribution is 0.163. The molecule has 0 saturated carbocycles. The SMILES string of the molecule is CC(C)(C)c1cc(NC(=O)OCC(Cl)(Cl)Cl)n(-c2ccc(F)c(CCO)c2)n1. The summed E-state index contributed by atoms with van der Waals surface area (Å²) in [6.45, 7) is 5.27. The standard InChI is InChI=1S/C18H21Cl3FN3O3/c1-17(2,3)14-9-15(23-16(27)28-10-18(19,20)21)25(24-14)12-4-5-13(22)11(8-12)6-7-26/h4-5,8-9,26H,6-7,10H2,1-3H3,(H,23,27). The van der Waals surface area contributed by atoms with E-state index in [0.29, 0.717) is 22.8 Å². The Balaban J connectivity index is 2.39. The van der Waals surface area contributed by atoms with Gasteiger partial charge in [-0.2, -0.15) is 5.10 Å². The number of hydrogen-bond acceptors (Lipinski definition) is 4. The molecule has 0 aliphatic heterocycles. The summed E-state index contributed by atoms with van der Waals surface area (Å²) in [5, 5.41) is 16.2. The van der Waals surface area contributed by atoms with E-state index in [1.165, 1.54) is 16.8 Å². The number of anilines is 1. The van der Waals surface area contributed by atoms with Crippen LogP contribution in [0, 0.1) is 5.82 Å². The number of hydrogen-bond donors (Lipinski definition) is 2. The van der Waals surface area contributed by atoms with Crippen LogP contribution in [0.2, 0.25) is 0 Å². The highest BCUT2D eigenvalue weighted by atomic mass is 35.6. The molecule has 28 heavy (non-hydrogen) atoms. The molecule has 2 rings (SSSR count). The summed E-state index contributed by atoms with van der Waals surface area (Å²) in [5.41, 5.74) is 1.23. The average Bonchev–Trinajstić information content (AvgIpc) is 2.99. The maximum absolute atomic E-state index is 13.9. The van der Waals surface area contributed by atoms with Crippen LogP contribution >= 0.6 is 34.8 Å². The Labute approximate surface area is 177 Å². The number of aromatic nitrogens is 2. The highest BCUT2D eigenvalue weighted by Crippen LogP contribution is 2.28. The fourth-order valence-corrected chi connectivity index (χ4v) is 2.49. The lowest BCUT2D eigenvalue weighted by Gasteiger charge is -2.14. The molecule has 2 N–H and O–H groups in total. The lowest BCUT2D eigenvalue weighted by atomic mass is 9.92. The zero-order valence-corrected chi connectivity index (χ0v) is 17.9. The summed E-state index contributed by atoms with van der Waals surface area (Å²) in [6, 6.07) is 6.05. The minimum Gasteiger partial charge on any atom is -0.445 e. The van der Waals surface area contributed by atoms with Crippen molar-refractivity contribution in [2.75, 3.05) is 18.5 Å². The van der Waals surface area contributed by atoms with E-state index in [9.17, 15) is 9.18 Å². The molecular weight excluding hydrogens is 432 g/mol. The van der Waals surface area contributed by atoms with Crippen LogP contribution < -0.4 is 5.32 Å². The fraction of sp³-hybridized carbons (Fsp3) is 0.444. The number of nitrogens with one attached hydrogen (secondary N) is 1. The second-order valence-corrected chi connectivity index (χ2v) is 9.66. The van der Waals surface area contributed by atoms with Crippen LogP contribution in [0.15, 0.2) is 24.3 Å². The number of rotatable bonds is 5. The first-order valence-corrected chi connectivity index (χ1v) is 9.55. The maximum atomic E-state index is 13.9. The van der Waals surface area contributed by atoms with Crippen LogP contribution in [-0.4, -0.2) is 38.0 Å². The van der Waals surface area contributed by atoms with Gasteiger partial charge in [0.25, 0.3) is 0 Å². The predicted octanol–water partition coefficient (Wildman–Crippen LogP) is 4.76. The molecule has 10 heteroatoms. The van der Waals surface area contributed by atoms with Gasteiger partial charge in [0, 0.05) is 18.1 Å². The molecule has 6 nitrogen and oxygen atoms in total. The normalized spacial score (nSPS) is 12.1. The quantitative estimate of drug-likeness (QED) is 0.641. The molecule has 154 valence electrons. The van der Waals surface area contributed by atoms with Crippen molar-refractivity contribution in [2.45, 2.75) is 36.4 Å². The smallest absolute Gasteiger partial charge is 0.412 e. The van der Waals surface area contributed by atoms with Gasteiger partial charge >= 0.3 is 6.09 Å². The van der Waals surface area contributed by atoms with E-state index >= 15 is 0 Å². The van der Waals surface area contributed by atoms with Crippen molar-refractivity contribution in [3.63, 3.8) is 0 Å². The van der Waals surface area contributed by atoms with Crippen molar-refractivity contribution in [3.8, 4) is 5.69 Å². The van der Waals surface area contributed by atoms with E-state index in [2.05, 4.69) is 10.4 Å². The van der Waals surface area contributed by atoms with E-state index in [1.807, 2.05) is 20.8 Å². The number of amides is 1. The second-order valence-electron chi connectivity index (χ2n) is 7.14. The Hall–Kier alpha value is -1.54. The van der Waals surface area contributed by atoms with Crippen LogP contribution in [0.1, 0.15) is 32.0 Å². The number of benzene rings is 1. The van der Waals surface area contributed by atoms with Crippen LogP contribution in [0.25, 0.3) is 5.69 Å². The van der Waals surface area contributed by atoms with E-state index in [1.54, 1.807) is 12.1 Å².